The second-order valence-corrected chi connectivity index (χ2v) is 4.34. The van der Waals surface area contributed by atoms with Crippen molar-refractivity contribution < 1.29 is 4.52 Å². The Morgan fingerprint density at radius 2 is 2.11 bits per heavy atom. The Morgan fingerprint density at radius 3 is 2.78 bits per heavy atom. The first-order valence-electron chi connectivity index (χ1n) is 6.47. The molecule has 1 N–H and O–H groups in total. The number of nitrogens with one attached hydrogen (secondary N) is 1. The van der Waals surface area contributed by atoms with Crippen LogP contribution in [0.3, 0.4) is 0 Å². The highest BCUT2D eigenvalue weighted by atomic mass is 16.5. The summed E-state index contributed by atoms with van der Waals surface area (Å²) >= 11 is 0. The molecule has 5 heteroatoms. The zero-order chi connectivity index (χ0) is 12.8. The van der Waals surface area contributed by atoms with Gasteiger partial charge in [0.05, 0.1) is 24.5 Å². The summed E-state index contributed by atoms with van der Waals surface area (Å²) in [5.74, 6) is 0.842. The van der Waals surface area contributed by atoms with Gasteiger partial charge in [-0.3, -0.25) is 4.68 Å². The summed E-state index contributed by atoms with van der Waals surface area (Å²) in [5.41, 5.74) is 1.06. The first-order valence-corrected chi connectivity index (χ1v) is 6.47. The van der Waals surface area contributed by atoms with Crippen LogP contribution in [0.2, 0.25) is 0 Å². The van der Waals surface area contributed by atoms with Crippen molar-refractivity contribution in [2.24, 2.45) is 0 Å². The summed E-state index contributed by atoms with van der Waals surface area (Å²) in [4.78, 5) is 0. The van der Waals surface area contributed by atoms with Gasteiger partial charge < -0.3 is 9.84 Å². The molecular formula is C13H20N4O. The van der Waals surface area contributed by atoms with E-state index in [9.17, 15) is 0 Å². The zero-order valence-electron chi connectivity index (χ0n) is 11.0. The van der Waals surface area contributed by atoms with E-state index in [4.69, 9.17) is 4.52 Å². The average Bonchev–Trinajstić information content (AvgIpc) is 3.03. The van der Waals surface area contributed by atoms with Crippen LogP contribution in [0, 0.1) is 0 Å². The Kier molecular flexibility index (Phi) is 4.52. The number of rotatable bonds is 7. The number of nitrogens with zero attached hydrogens (tertiary/aromatic N) is 3. The Bertz CT molecular complexity index is 445. The fraction of sp³-hybridized carbons (Fsp3) is 0.538. The van der Waals surface area contributed by atoms with Gasteiger partial charge in [-0.1, -0.05) is 19.0 Å². The predicted molar refractivity (Wildman–Crippen MR) is 68.9 cm³/mol. The normalized spacial score (nSPS) is 11.3. The summed E-state index contributed by atoms with van der Waals surface area (Å²) < 4.78 is 7.07. The number of aromatic nitrogens is 3. The van der Waals surface area contributed by atoms with Gasteiger partial charge in [0.15, 0.2) is 0 Å². The van der Waals surface area contributed by atoms with Gasteiger partial charge in [0.25, 0.3) is 0 Å². The Hall–Kier alpha value is -1.62. The standard InChI is InChI=1S/C13H20N4O/c1-3-12(4-2)17-8-6-11(16-17)9-14-10-13-5-7-15-18-13/h5-8,12,14H,3-4,9-10H2,1-2H3. The van der Waals surface area contributed by atoms with Gasteiger partial charge in [-0.15, -0.1) is 0 Å². The first kappa shape index (κ1) is 12.8. The van der Waals surface area contributed by atoms with Crippen LogP contribution in [-0.2, 0) is 13.1 Å². The summed E-state index contributed by atoms with van der Waals surface area (Å²) in [7, 11) is 0. The van der Waals surface area contributed by atoms with Gasteiger partial charge in [0, 0.05) is 18.8 Å². The Balaban J connectivity index is 1.83. The minimum absolute atomic E-state index is 0.507. The van der Waals surface area contributed by atoms with E-state index in [1.807, 2.05) is 6.07 Å². The molecule has 2 heterocycles. The van der Waals surface area contributed by atoms with Crippen LogP contribution in [-0.4, -0.2) is 14.9 Å². The molecule has 0 spiro atoms. The molecule has 0 atom stereocenters. The maximum atomic E-state index is 5.01. The van der Waals surface area contributed by atoms with Crippen molar-refractivity contribution in [3.05, 3.63) is 36.0 Å². The van der Waals surface area contributed by atoms with Gasteiger partial charge in [-0.05, 0) is 18.9 Å². The van der Waals surface area contributed by atoms with Crippen molar-refractivity contribution in [1.29, 1.82) is 0 Å². The molecule has 5 nitrogen and oxygen atoms in total. The quantitative estimate of drug-likeness (QED) is 0.818. The van der Waals surface area contributed by atoms with E-state index in [0.717, 1.165) is 30.8 Å². The summed E-state index contributed by atoms with van der Waals surface area (Å²) in [6.45, 7) is 5.81. The van der Waals surface area contributed by atoms with Gasteiger partial charge >= 0.3 is 0 Å². The largest absolute Gasteiger partial charge is 0.360 e. The zero-order valence-corrected chi connectivity index (χ0v) is 11.0. The number of hydrogen-bond acceptors (Lipinski definition) is 4. The van der Waals surface area contributed by atoms with Gasteiger partial charge in [-0.2, -0.15) is 5.10 Å². The van der Waals surface area contributed by atoms with E-state index in [1.165, 1.54) is 0 Å². The lowest BCUT2D eigenvalue weighted by Crippen LogP contribution is -2.14. The lowest BCUT2D eigenvalue weighted by atomic mass is 10.2. The lowest BCUT2D eigenvalue weighted by Gasteiger charge is -2.12. The molecule has 0 aliphatic heterocycles. The van der Waals surface area contributed by atoms with Crippen LogP contribution in [0.4, 0.5) is 0 Å². The molecule has 0 fully saturated rings. The second-order valence-electron chi connectivity index (χ2n) is 4.34. The van der Waals surface area contributed by atoms with E-state index in [2.05, 4.69) is 46.4 Å². The van der Waals surface area contributed by atoms with Crippen molar-refractivity contribution in [2.75, 3.05) is 0 Å². The molecule has 0 amide bonds. The van der Waals surface area contributed by atoms with Gasteiger partial charge in [0.1, 0.15) is 5.76 Å². The lowest BCUT2D eigenvalue weighted by molar-refractivity contribution is 0.371. The van der Waals surface area contributed by atoms with E-state index in [0.29, 0.717) is 12.6 Å². The molecular weight excluding hydrogens is 228 g/mol. The molecule has 0 radical (unpaired) electrons. The third-order valence-corrected chi connectivity index (χ3v) is 3.08. The van der Waals surface area contributed by atoms with Gasteiger partial charge in [-0.25, -0.2) is 0 Å². The molecule has 0 aliphatic carbocycles. The van der Waals surface area contributed by atoms with E-state index < -0.39 is 0 Å². The van der Waals surface area contributed by atoms with Crippen molar-refractivity contribution in [1.82, 2.24) is 20.3 Å². The van der Waals surface area contributed by atoms with Crippen molar-refractivity contribution >= 4 is 0 Å². The third kappa shape index (κ3) is 3.20. The molecule has 0 saturated carbocycles. The minimum atomic E-state index is 0.507. The average molecular weight is 248 g/mol. The Morgan fingerprint density at radius 1 is 1.28 bits per heavy atom. The molecule has 98 valence electrons. The van der Waals surface area contributed by atoms with Crippen molar-refractivity contribution in [3.63, 3.8) is 0 Å². The molecule has 0 aromatic carbocycles. The summed E-state index contributed by atoms with van der Waals surface area (Å²) in [5, 5.41) is 11.5. The molecule has 0 bridgehead atoms. The van der Waals surface area contributed by atoms with Crippen LogP contribution < -0.4 is 5.32 Å². The molecule has 2 rings (SSSR count). The third-order valence-electron chi connectivity index (χ3n) is 3.08. The number of hydrogen-bond donors (Lipinski definition) is 1. The highest BCUT2D eigenvalue weighted by Gasteiger charge is 2.07. The minimum Gasteiger partial charge on any atom is -0.360 e. The highest BCUT2D eigenvalue weighted by molar-refractivity contribution is 5.00. The fourth-order valence-corrected chi connectivity index (χ4v) is 1.98. The molecule has 0 aliphatic rings. The summed E-state index contributed by atoms with van der Waals surface area (Å²) in [6, 6.07) is 4.43. The maximum Gasteiger partial charge on any atom is 0.150 e. The highest BCUT2D eigenvalue weighted by Crippen LogP contribution is 2.14. The SMILES string of the molecule is CCC(CC)n1ccc(CNCc2ccno2)n1. The van der Waals surface area contributed by atoms with Crippen molar-refractivity contribution in [2.45, 2.75) is 45.8 Å². The predicted octanol–water partition coefficient (Wildman–Crippen LogP) is 2.52. The van der Waals surface area contributed by atoms with Gasteiger partial charge in [0.2, 0.25) is 0 Å². The molecule has 0 unspecified atom stereocenters. The smallest absolute Gasteiger partial charge is 0.150 e. The monoisotopic (exact) mass is 248 g/mol. The molecule has 18 heavy (non-hydrogen) atoms. The topological polar surface area (TPSA) is 55.9 Å². The fourth-order valence-electron chi connectivity index (χ4n) is 1.98. The van der Waals surface area contributed by atoms with E-state index >= 15 is 0 Å². The molecule has 0 saturated heterocycles. The van der Waals surface area contributed by atoms with Crippen LogP contribution in [0.5, 0.6) is 0 Å². The first-order chi connectivity index (χ1) is 8.83. The van der Waals surface area contributed by atoms with Crippen LogP contribution >= 0.6 is 0 Å². The molecule has 2 aromatic rings. The second kappa shape index (κ2) is 6.35. The maximum absolute atomic E-state index is 5.01. The molecule has 2 aromatic heterocycles. The van der Waals surface area contributed by atoms with Crippen LogP contribution in [0.1, 0.15) is 44.2 Å². The Labute approximate surface area is 107 Å². The van der Waals surface area contributed by atoms with Crippen LogP contribution in [0.25, 0.3) is 0 Å². The van der Waals surface area contributed by atoms with E-state index in [1.54, 1.807) is 6.20 Å². The summed E-state index contributed by atoms with van der Waals surface area (Å²) in [6.07, 6.45) is 5.94. The van der Waals surface area contributed by atoms with Crippen LogP contribution in [0.15, 0.2) is 29.0 Å². The van der Waals surface area contributed by atoms with Crippen molar-refractivity contribution in [3.8, 4) is 0 Å². The van der Waals surface area contributed by atoms with E-state index in [-0.39, 0.29) is 0 Å².